The molecule has 0 radical (unpaired) electrons. The van der Waals surface area contributed by atoms with E-state index in [1.165, 1.54) is 6.07 Å². The molecule has 5 heteroatoms. The number of nitrogens with two attached hydrogens (primary N) is 1. The molecular formula is C15H12ClN3O. The van der Waals surface area contributed by atoms with Crippen molar-refractivity contribution < 1.29 is 4.79 Å². The van der Waals surface area contributed by atoms with Gasteiger partial charge in [0.25, 0.3) is 5.91 Å². The van der Waals surface area contributed by atoms with Gasteiger partial charge in [-0.15, -0.1) is 0 Å². The molecule has 0 aliphatic rings. The van der Waals surface area contributed by atoms with Gasteiger partial charge < -0.3 is 11.1 Å². The Morgan fingerprint density at radius 3 is 2.70 bits per heavy atom. The van der Waals surface area contributed by atoms with Gasteiger partial charge in [0.05, 0.1) is 27.9 Å². The van der Waals surface area contributed by atoms with Gasteiger partial charge in [-0.1, -0.05) is 23.7 Å². The number of nitrogen functional groups attached to an aromatic ring is 1. The third-order valence-corrected chi connectivity index (χ3v) is 3.19. The van der Waals surface area contributed by atoms with Crippen LogP contribution in [0, 0.1) is 18.3 Å². The number of nitriles is 1. The summed E-state index contributed by atoms with van der Waals surface area (Å²) in [4.78, 5) is 12.2. The summed E-state index contributed by atoms with van der Waals surface area (Å²) < 4.78 is 0. The maximum Gasteiger partial charge on any atom is 0.258 e. The number of carbonyl (C=O) groups is 1. The van der Waals surface area contributed by atoms with Crippen LogP contribution in [-0.2, 0) is 0 Å². The van der Waals surface area contributed by atoms with Crippen LogP contribution in [0.5, 0.6) is 0 Å². The van der Waals surface area contributed by atoms with Crippen molar-refractivity contribution in [1.29, 1.82) is 5.26 Å². The Morgan fingerprint density at radius 1 is 1.35 bits per heavy atom. The number of aryl methyl sites for hydroxylation is 1. The number of hydrogen-bond acceptors (Lipinski definition) is 3. The minimum absolute atomic E-state index is 0.310. The van der Waals surface area contributed by atoms with Crippen molar-refractivity contribution in [2.45, 2.75) is 6.92 Å². The molecule has 0 saturated carbocycles. The van der Waals surface area contributed by atoms with Crippen LogP contribution in [0.1, 0.15) is 21.5 Å². The van der Waals surface area contributed by atoms with E-state index in [1.54, 1.807) is 24.3 Å². The lowest BCUT2D eigenvalue weighted by molar-refractivity contribution is 0.102. The smallest absolute Gasteiger partial charge is 0.258 e. The van der Waals surface area contributed by atoms with E-state index in [1.807, 2.05) is 19.1 Å². The van der Waals surface area contributed by atoms with E-state index >= 15 is 0 Å². The number of halogens is 1. The summed E-state index contributed by atoms with van der Waals surface area (Å²) in [5.74, 6) is -0.327. The highest BCUT2D eigenvalue weighted by atomic mass is 35.5. The number of carbonyl (C=O) groups excluding carboxylic acids is 1. The first-order valence-electron chi connectivity index (χ1n) is 5.89. The van der Waals surface area contributed by atoms with Gasteiger partial charge in [-0.3, -0.25) is 4.79 Å². The standard InChI is InChI=1S/C15H12ClN3O/c1-9-3-2-4-12(18)14(9)15(20)19-13-6-5-10(8-17)7-11(13)16/h2-7H,18H2,1H3,(H,19,20). The first-order valence-corrected chi connectivity index (χ1v) is 6.27. The minimum Gasteiger partial charge on any atom is -0.398 e. The van der Waals surface area contributed by atoms with Gasteiger partial charge in [-0.25, -0.2) is 0 Å². The molecule has 0 aromatic heterocycles. The van der Waals surface area contributed by atoms with Gasteiger partial charge in [-0.2, -0.15) is 5.26 Å². The van der Waals surface area contributed by atoms with E-state index < -0.39 is 0 Å². The summed E-state index contributed by atoms with van der Waals surface area (Å²) in [6.07, 6.45) is 0. The van der Waals surface area contributed by atoms with Crippen LogP contribution in [0.2, 0.25) is 5.02 Å². The van der Waals surface area contributed by atoms with E-state index in [0.717, 1.165) is 5.56 Å². The number of benzene rings is 2. The Morgan fingerprint density at radius 2 is 2.10 bits per heavy atom. The van der Waals surface area contributed by atoms with E-state index in [-0.39, 0.29) is 5.91 Å². The molecule has 0 spiro atoms. The molecular weight excluding hydrogens is 274 g/mol. The topological polar surface area (TPSA) is 78.9 Å². The molecule has 100 valence electrons. The lowest BCUT2D eigenvalue weighted by atomic mass is 10.1. The second-order valence-electron chi connectivity index (χ2n) is 4.30. The zero-order chi connectivity index (χ0) is 14.7. The Hall–Kier alpha value is -2.51. The molecule has 4 nitrogen and oxygen atoms in total. The summed E-state index contributed by atoms with van der Waals surface area (Å²) in [7, 11) is 0. The van der Waals surface area contributed by atoms with E-state index in [9.17, 15) is 4.79 Å². The lowest BCUT2D eigenvalue weighted by Gasteiger charge is -2.11. The number of anilines is 2. The average Bonchev–Trinajstić information content (AvgIpc) is 2.41. The molecule has 0 atom stereocenters. The van der Waals surface area contributed by atoms with Crippen molar-refractivity contribution in [3.05, 3.63) is 58.1 Å². The van der Waals surface area contributed by atoms with Gasteiger partial charge in [-0.05, 0) is 36.8 Å². The molecule has 20 heavy (non-hydrogen) atoms. The SMILES string of the molecule is Cc1cccc(N)c1C(=O)Nc1ccc(C#N)cc1Cl. The molecule has 0 fully saturated rings. The van der Waals surface area contributed by atoms with Crippen molar-refractivity contribution in [2.24, 2.45) is 0 Å². The number of hydrogen-bond donors (Lipinski definition) is 2. The lowest BCUT2D eigenvalue weighted by Crippen LogP contribution is -2.15. The van der Waals surface area contributed by atoms with Gasteiger partial charge in [0.15, 0.2) is 0 Å². The monoisotopic (exact) mass is 285 g/mol. The van der Waals surface area contributed by atoms with Crippen LogP contribution in [0.25, 0.3) is 0 Å². The number of nitrogens with zero attached hydrogens (tertiary/aromatic N) is 1. The average molecular weight is 286 g/mol. The first kappa shape index (κ1) is 13.9. The Balaban J connectivity index is 2.31. The second kappa shape index (κ2) is 5.64. The highest BCUT2D eigenvalue weighted by Gasteiger charge is 2.14. The predicted octanol–water partition coefficient (Wildman–Crippen LogP) is 3.35. The van der Waals surface area contributed by atoms with Crippen LogP contribution < -0.4 is 11.1 Å². The zero-order valence-electron chi connectivity index (χ0n) is 10.8. The van der Waals surface area contributed by atoms with Crippen LogP contribution in [0.4, 0.5) is 11.4 Å². The van der Waals surface area contributed by atoms with Crippen molar-refractivity contribution in [1.82, 2.24) is 0 Å². The Bertz CT molecular complexity index is 699. The van der Waals surface area contributed by atoms with Crippen molar-refractivity contribution in [3.8, 4) is 6.07 Å². The molecule has 0 bridgehead atoms. The van der Waals surface area contributed by atoms with Gasteiger partial charge in [0.1, 0.15) is 0 Å². The molecule has 2 aromatic carbocycles. The van der Waals surface area contributed by atoms with Crippen molar-refractivity contribution in [3.63, 3.8) is 0 Å². The fourth-order valence-corrected chi connectivity index (χ4v) is 2.10. The maximum absolute atomic E-state index is 12.2. The second-order valence-corrected chi connectivity index (χ2v) is 4.71. The third kappa shape index (κ3) is 2.73. The fraction of sp³-hybridized carbons (Fsp3) is 0.0667. The third-order valence-electron chi connectivity index (χ3n) is 2.88. The van der Waals surface area contributed by atoms with Gasteiger partial charge in [0.2, 0.25) is 0 Å². The summed E-state index contributed by atoms with van der Waals surface area (Å²) in [5.41, 5.74) is 8.32. The van der Waals surface area contributed by atoms with E-state index in [4.69, 9.17) is 22.6 Å². The number of rotatable bonds is 2. The Labute approximate surface area is 121 Å². The molecule has 3 N–H and O–H groups in total. The highest BCUT2D eigenvalue weighted by Crippen LogP contribution is 2.25. The molecule has 0 aliphatic carbocycles. The van der Waals surface area contributed by atoms with Crippen molar-refractivity contribution >= 4 is 28.9 Å². The number of amides is 1. The quantitative estimate of drug-likeness (QED) is 0.831. The largest absolute Gasteiger partial charge is 0.398 e. The fourth-order valence-electron chi connectivity index (χ4n) is 1.87. The molecule has 0 unspecified atom stereocenters. The first-order chi connectivity index (χ1) is 9.52. The molecule has 1 amide bonds. The molecule has 0 heterocycles. The minimum atomic E-state index is -0.327. The number of nitrogens with one attached hydrogen (secondary N) is 1. The molecule has 2 aromatic rings. The molecule has 0 saturated heterocycles. The van der Waals surface area contributed by atoms with Gasteiger partial charge >= 0.3 is 0 Å². The van der Waals surface area contributed by atoms with Crippen LogP contribution in [-0.4, -0.2) is 5.91 Å². The van der Waals surface area contributed by atoms with E-state index in [2.05, 4.69) is 5.32 Å². The predicted molar refractivity (Wildman–Crippen MR) is 79.7 cm³/mol. The normalized spacial score (nSPS) is 9.85. The van der Waals surface area contributed by atoms with Crippen LogP contribution in [0.3, 0.4) is 0 Å². The highest BCUT2D eigenvalue weighted by molar-refractivity contribution is 6.34. The molecule has 2 rings (SSSR count). The van der Waals surface area contributed by atoms with Crippen LogP contribution >= 0.6 is 11.6 Å². The summed E-state index contributed by atoms with van der Waals surface area (Å²) in [6, 6.07) is 11.9. The van der Waals surface area contributed by atoms with Gasteiger partial charge in [0, 0.05) is 5.69 Å². The zero-order valence-corrected chi connectivity index (χ0v) is 11.5. The Kier molecular flexibility index (Phi) is 3.92. The summed E-state index contributed by atoms with van der Waals surface area (Å²) >= 11 is 6.02. The maximum atomic E-state index is 12.2. The summed E-state index contributed by atoms with van der Waals surface area (Å²) in [6.45, 7) is 1.81. The van der Waals surface area contributed by atoms with Crippen LogP contribution in [0.15, 0.2) is 36.4 Å². The summed E-state index contributed by atoms with van der Waals surface area (Å²) in [5, 5.41) is 11.8. The van der Waals surface area contributed by atoms with E-state index in [0.29, 0.717) is 27.5 Å². The van der Waals surface area contributed by atoms with Crippen molar-refractivity contribution in [2.75, 3.05) is 11.1 Å². The molecule has 0 aliphatic heterocycles.